The molecule has 1 aromatic carbocycles. The van der Waals surface area contributed by atoms with Gasteiger partial charge in [-0.1, -0.05) is 34.4 Å². The zero-order chi connectivity index (χ0) is 19.8. The van der Waals surface area contributed by atoms with E-state index >= 15 is 0 Å². The van der Waals surface area contributed by atoms with Crippen molar-refractivity contribution in [2.45, 2.75) is 49.6 Å². The van der Waals surface area contributed by atoms with Gasteiger partial charge in [-0.2, -0.15) is 0 Å². The maximum absolute atomic E-state index is 12.5. The van der Waals surface area contributed by atoms with Gasteiger partial charge in [0.2, 0.25) is 6.10 Å². The Morgan fingerprint density at radius 1 is 1.21 bits per heavy atom. The third-order valence-electron chi connectivity index (χ3n) is 5.55. The van der Waals surface area contributed by atoms with Gasteiger partial charge < -0.3 is 24.7 Å². The van der Waals surface area contributed by atoms with E-state index in [9.17, 15) is 9.90 Å². The Kier molecular flexibility index (Phi) is 5.55. The van der Waals surface area contributed by atoms with Crippen molar-refractivity contribution in [3.05, 3.63) is 33.8 Å². The van der Waals surface area contributed by atoms with Gasteiger partial charge in [0.1, 0.15) is 0 Å². The largest absolute Gasteiger partial charge is 0.388 e. The van der Waals surface area contributed by atoms with Crippen LogP contribution < -0.4 is 5.32 Å². The summed E-state index contributed by atoms with van der Waals surface area (Å²) in [4.78, 5) is 17.8. The van der Waals surface area contributed by atoms with Gasteiger partial charge >= 0.3 is 0 Å². The third kappa shape index (κ3) is 4.14. The highest BCUT2D eigenvalue weighted by Gasteiger charge is 2.45. The van der Waals surface area contributed by atoms with Crippen molar-refractivity contribution in [3.8, 4) is 0 Å². The quantitative estimate of drug-likeness (QED) is 0.769. The molecule has 9 heteroatoms. The van der Waals surface area contributed by atoms with Gasteiger partial charge in [0.05, 0.1) is 29.5 Å². The molecular formula is C19H22Cl2N2O5. The summed E-state index contributed by atoms with van der Waals surface area (Å²) in [5.74, 6) is -0.864. The van der Waals surface area contributed by atoms with Crippen molar-refractivity contribution >= 4 is 34.8 Å². The van der Waals surface area contributed by atoms with E-state index in [2.05, 4.69) is 10.5 Å². The lowest BCUT2D eigenvalue weighted by atomic mass is 9.81. The van der Waals surface area contributed by atoms with Crippen LogP contribution in [0.1, 0.15) is 37.7 Å². The van der Waals surface area contributed by atoms with E-state index in [-0.39, 0.29) is 12.5 Å². The Morgan fingerprint density at radius 2 is 1.93 bits per heavy atom. The summed E-state index contributed by atoms with van der Waals surface area (Å²) in [6.07, 6.45) is 1.78. The minimum Gasteiger partial charge on any atom is -0.388 e. The fraction of sp³-hybridized carbons (Fsp3) is 0.579. The first-order valence-electron chi connectivity index (χ1n) is 9.34. The highest BCUT2D eigenvalue weighted by molar-refractivity contribution is 6.37. The fourth-order valence-electron chi connectivity index (χ4n) is 3.82. The van der Waals surface area contributed by atoms with Gasteiger partial charge in [0.15, 0.2) is 5.79 Å². The van der Waals surface area contributed by atoms with Gasteiger partial charge in [-0.15, -0.1) is 0 Å². The van der Waals surface area contributed by atoms with Crippen molar-refractivity contribution in [3.63, 3.8) is 0 Å². The van der Waals surface area contributed by atoms with Gasteiger partial charge in [-0.25, -0.2) is 0 Å². The van der Waals surface area contributed by atoms with Crippen LogP contribution in [0.25, 0.3) is 0 Å². The zero-order valence-electron chi connectivity index (χ0n) is 15.2. The molecule has 1 spiro atoms. The molecule has 0 bridgehead atoms. The lowest BCUT2D eigenvalue weighted by molar-refractivity contribution is -0.201. The second-order valence-electron chi connectivity index (χ2n) is 7.51. The number of nitrogens with zero attached hydrogens (tertiary/aromatic N) is 1. The van der Waals surface area contributed by atoms with E-state index in [0.29, 0.717) is 66.6 Å². The molecule has 2 heterocycles. The van der Waals surface area contributed by atoms with Crippen LogP contribution in [0.3, 0.4) is 0 Å². The Bertz CT molecular complexity index is 785. The lowest BCUT2D eigenvalue weighted by Gasteiger charge is -2.40. The average molecular weight is 429 g/mol. The number of nitrogens with one attached hydrogen (secondary N) is 1. The molecule has 3 aliphatic rings. The summed E-state index contributed by atoms with van der Waals surface area (Å²) in [6.45, 7) is 1.33. The highest BCUT2D eigenvalue weighted by Crippen LogP contribution is 2.40. The Balaban J connectivity index is 1.28. The van der Waals surface area contributed by atoms with Crippen LogP contribution in [0.15, 0.2) is 23.4 Å². The van der Waals surface area contributed by atoms with Crippen molar-refractivity contribution in [2.24, 2.45) is 5.16 Å². The van der Waals surface area contributed by atoms with Crippen molar-refractivity contribution in [1.82, 2.24) is 5.32 Å². The molecule has 2 aliphatic heterocycles. The molecule has 1 unspecified atom stereocenters. The summed E-state index contributed by atoms with van der Waals surface area (Å²) < 4.78 is 11.4. The number of oxime groups is 1. The number of hydrogen-bond donors (Lipinski definition) is 2. The molecule has 1 saturated carbocycles. The van der Waals surface area contributed by atoms with Gasteiger partial charge in [-0.3, -0.25) is 4.79 Å². The molecule has 2 fully saturated rings. The molecule has 4 rings (SSSR count). The van der Waals surface area contributed by atoms with Crippen LogP contribution in [0.4, 0.5) is 0 Å². The summed E-state index contributed by atoms with van der Waals surface area (Å²) in [6, 6.07) is 5.08. The number of rotatable bonds is 4. The molecule has 1 saturated heterocycles. The molecule has 28 heavy (non-hydrogen) atoms. The maximum atomic E-state index is 12.5. The molecule has 2 N–H and O–H groups in total. The molecule has 1 aliphatic carbocycles. The SMILES string of the molecule is O=C(NCC1(O)CCC2(CC1)OCCO2)C1CC(c2ccc(Cl)cc2Cl)=NO1. The fourth-order valence-corrected chi connectivity index (χ4v) is 4.34. The molecule has 7 nitrogen and oxygen atoms in total. The van der Waals surface area contributed by atoms with E-state index in [1.165, 1.54) is 0 Å². The van der Waals surface area contributed by atoms with Crippen LogP contribution in [0, 0.1) is 0 Å². The summed E-state index contributed by atoms with van der Waals surface area (Å²) in [5, 5.41) is 18.5. The predicted octanol–water partition coefficient (Wildman–Crippen LogP) is 2.65. The Morgan fingerprint density at radius 3 is 2.61 bits per heavy atom. The molecular weight excluding hydrogens is 407 g/mol. The normalized spacial score (nSPS) is 25.4. The first kappa shape index (κ1) is 19.9. The van der Waals surface area contributed by atoms with Crippen LogP contribution >= 0.6 is 23.2 Å². The minimum atomic E-state index is -0.974. The van der Waals surface area contributed by atoms with Crippen molar-refractivity contribution in [1.29, 1.82) is 0 Å². The zero-order valence-corrected chi connectivity index (χ0v) is 16.8. The number of carbonyl (C=O) groups is 1. The number of hydrogen-bond acceptors (Lipinski definition) is 6. The van der Waals surface area contributed by atoms with Gasteiger partial charge in [0.25, 0.3) is 5.91 Å². The van der Waals surface area contributed by atoms with E-state index in [4.69, 9.17) is 37.5 Å². The molecule has 152 valence electrons. The second kappa shape index (κ2) is 7.80. The third-order valence-corrected chi connectivity index (χ3v) is 6.10. The number of amides is 1. The lowest BCUT2D eigenvalue weighted by Crippen LogP contribution is -2.51. The maximum Gasteiger partial charge on any atom is 0.264 e. The predicted molar refractivity (Wildman–Crippen MR) is 104 cm³/mol. The van der Waals surface area contributed by atoms with Crippen LogP contribution in [0.2, 0.25) is 10.0 Å². The van der Waals surface area contributed by atoms with Crippen LogP contribution in [-0.4, -0.2) is 54.0 Å². The smallest absolute Gasteiger partial charge is 0.264 e. The molecule has 1 atom stereocenters. The van der Waals surface area contributed by atoms with E-state index in [1.807, 2.05) is 0 Å². The number of carbonyl (C=O) groups excluding carboxylic acids is 1. The minimum absolute atomic E-state index is 0.152. The second-order valence-corrected chi connectivity index (χ2v) is 8.35. The molecule has 1 amide bonds. The number of benzene rings is 1. The number of halogens is 2. The molecule has 0 radical (unpaired) electrons. The average Bonchev–Trinajstić information content (AvgIpc) is 3.33. The van der Waals surface area contributed by atoms with Crippen LogP contribution in [0.5, 0.6) is 0 Å². The first-order valence-corrected chi connectivity index (χ1v) is 10.1. The highest BCUT2D eigenvalue weighted by atomic mass is 35.5. The Labute approximate surface area is 172 Å². The number of aliphatic hydroxyl groups is 1. The van der Waals surface area contributed by atoms with Crippen molar-refractivity contribution in [2.75, 3.05) is 19.8 Å². The van der Waals surface area contributed by atoms with Crippen LogP contribution in [-0.2, 0) is 19.1 Å². The van der Waals surface area contributed by atoms with Gasteiger partial charge in [-0.05, 0) is 25.0 Å². The molecule has 1 aromatic rings. The summed E-state index contributed by atoms with van der Waals surface area (Å²) in [7, 11) is 0. The van der Waals surface area contributed by atoms with Gasteiger partial charge in [0, 0.05) is 36.4 Å². The number of ether oxygens (including phenoxy) is 2. The summed E-state index contributed by atoms with van der Waals surface area (Å²) >= 11 is 12.1. The topological polar surface area (TPSA) is 89.4 Å². The monoisotopic (exact) mass is 428 g/mol. The first-order chi connectivity index (χ1) is 13.4. The van der Waals surface area contributed by atoms with E-state index in [1.54, 1.807) is 18.2 Å². The summed E-state index contributed by atoms with van der Waals surface area (Å²) in [5.41, 5.74) is 0.308. The molecule has 0 aromatic heterocycles. The van der Waals surface area contributed by atoms with E-state index in [0.717, 1.165) is 0 Å². The van der Waals surface area contributed by atoms with Crippen molar-refractivity contribution < 1.29 is 24.2 Å². The Hall–Kier alpha value is -1.38. The van der Waals surface area contributed by atoms with E-state index < -0.39 is 17.5 Å². The standard InChI is InChI=1S/C19H22Cl2N2O5/c20-12-1-2-13(14(21)9-12)15-10-16(28-23-15)17(24)22-11-18(25)3-5-19(6-4-18)26-7-8-27-19/h1-2,9,16,25H,3-8,10-11H2,(H,22,24).